The molecule has 1 amide bonds. The number of aliphatic hydroxyl groups excluding tert-OH is 1. The Morgan fingerprint density at radius 2 is 2.26 bits per heavy atom. The average Bonchev–Trinajstić information content (AvgIpc) is 3.03. The van der Waals surface area contributed by atoms with Gasteiger partial charge >= 0.3 is 0 Å². The van der Waals surface area contributed by atoms with E-state index in [1.165, 1.54) is 6.42 Å². The minimum atomic E-state index is -0.223. The van der Waals surface area contributed by atoms with Crippen LogP contribution in [0.3, 0.4) is 0 Å². The molecule has 1 aliphatic heterocycles. The fourth-order valence-corrected chi connectivity index (χ4v) is 3.99. The number of hydrogen-bond acceptors (Lipinski definition) is 4. The summed E-state index contributed by atoms with van der Waals surface area (Å²) in [6.07, 6.45) is 4.51. The summed E-state index contributed by atoms with van der Waals surface area (Å²) in [5.41, 5.74) is 0.725. The van der Waals surface area contributed by atoms with Gasteiger partial charge < -0.3 is 20.5 Å². The summed E-state index contributed by atoms with van der Waals surface area (Å²) in [6.45, 7) is 2.47. The molecular weight excluding hydrogens is 292 g/mol. The molecule has 23 heavy (non-hydrogen) atoms. The van der Waals surface area contributed by atoms with E-state index in [0.717, 1.165) is 43.7 Å². The standard InChI is InChI=1S/C18H26N2O3/c21-9-10-23-16-7-2-1-5-14(16)11-20-17(22)18-8-4-3-6-15(18)12-19-13-18/h1-2,5,7,15,19,21H,3-4,6,8-13H2,(H,20,22)/t15-,18+/m0/s1. The van der Waals surface area contributed by atoms with Gasteiger partial charge in [0.05, 0.1) is 12.0 Å². The van der Waals surface area contributed by atoms with Gasteiger partial charge in [0.25, 0.3) is 0 Å². The monoisotopic (exact) mass is 318 g/mol. The molecule has 2 fully saturated rings. The number of benzene rings is 1. The Labute approximate surface area is 137 Å². The summed E-state index contributed by atoms with van der Waals surface area (Å²) < 4.78 is 5.54. The van der Waals surface area contributed by atoms with Crippen LogP contribution in [0, 0.1) is 11.3 Å². The molecule has 1 aliphatic carbocycles. The zero-order valence-electron chi connectivity index (χ0n) is 13.5. The zero-order chi connectivity index (χ0) is 16.1. The molecule has 1 aromatic rings. The van der Waals surface area contributed by atoms with Crippen LogP contribution in [0.2, 0.25) is 0 Å². The second kappa shape index (κ2) is 7.32. The lowest BCUT2D eigenvalue weighted by atomic mass is 9.67. The van der Waals surface area contributed by atoms with Gasteiger partial charge in [-0.25, -0.2) is 0 Å². The van der Waals surface area contributed by atoms with Gasteiger partial charge in [-0.2, -0.15) is 0 Å². The molecule has 5 nitrogen and oxygen atoms in total. The summed E-state index contributed by atoms with van der Waals surface area (Å²) in [4.78, 5) is 12.9. The summed E-state index contributed by atoms with van der Waals surface area (Å²) in [7, 11) is 0. The van der Waals surface area contributed by atoms with E-state index in [9.17, 15) is 4.79 Å². The van der Waals surface area contributed by atoms with Crippen molar-refractivity contribution in [2.45, 2.75) is 32.2 Å². The number of hydrogen-bond donors (Lipinski definition) is 3. The molecule has 5 heteroatoms. The summed E-state index contributed by atoms with van der Waals surface area (Å²) in [5.74, 6) is 1.37. The quantitative estimate of drug-likeness (QED) is 0.742. The predicted octanol–water partition coefficient (Wildman–Crippen LogP) is 1.45. The number of amides is 1. The van der Waals surface area contributed by atoms with Crippen LogP contribution in [0.1, 0.15) is 31.2 Å². The van der Waals surface area contributed by atoms with E-state index in [1.54, 1.807) is 0 Å². The number of carbonyl (C=O) groups is 1. The van der Waals surface area contributed by atoms with Crippen LogP contribution in [0.5, 0.6) is 5.75 Å². The molecule has 0 aromatic heterocycles. The highest BCUT2D eigenvalue weighted by molar-refractivity contribution is 5.84. The molecule has 0 unspecified atom stereocenters. The Hall–Kier alpha value is -1.59. The Morgan fingerprint density at radius 1 is 1.39 bits per heavy atom. The lowest BCUT2D eigenvalue weighted by Gasteiger charge is -2.37. The van der Waals surface area contributed by atoms with E-state index in [1.807, 2.05) is 24.3 Å². The van der Waals surface area contributed by atoms with Crippen LogP contribution in [0.4, 0.5) is 0 Å². The van der Waals surface area contributed by atoms with E-state index in [2.05, 4.69) is 10.6 Å². The Bertz CT molecular complexity index is 549. The maximum absolute atomic E-state index is 12.9. The first kappa shape index (κ1) is 16.3. The molecule has 3 rings (SSSR count). The molecule has 2 atom stereocenters. The van der Waals surface area contributed by atoms with E-state index < -0.39 is 0 Å². The Morgan fingerprint density at radius 3 is 3.13 bits per heavy atom. The summed E-state index contributed by atoms with van der Waals surface area (Å²) in [5, 5.41) is 15.4. The third-order valence-corrected chi connectivity index (χ3v) is 5.25. The molecular formula is C18H26N2O3. The van der Waals surface area contributed by atoms with Crippen LogP contribution >= 0.6 is 0 Å². The average molecular weight is 318 g/mol. The van der Waals surface area contributed by atoms with E-state index in [-0.39, 0.29) is 24.5 Å². The maximum atomic E-state index is 12.9. The SMILES string of the molecule is O=C(NCc1ccccc1OCCO)[C@@]12CCCC[C@H]1CNC2. The minimum Gasteiger partial charge on any atom is -0.491 e. The van der Waals surface area contributed by atoms with Crippen LogP contribution in [0.15, 0.2) is 24.3 Å². The highest BCUT2D eigenvalue weighted by Gasteiger charge is 2.49. The lowest BCUT2D eigenvalue weighted by molar-refractivity contribution is -0.134. The summed E-state index contributed by atoms with van der Waals surface area (Å²) in [6, 6.07) is 7.66. The van der Waals surface area contributed by atoms with Gasteiger partial charge in [0.15, 0.2) is 0 Å². The normalized spacial score (nSPS) is 26.6. The number of carbonyl (C=O) groups excluding carboxylic acids is 1. The Balaban J connectivity index is 1.65. The van der Waals surface area contributed by atoms with E-state index in [4.69, 9.17) is 9.84 Å². The van der Waals surface area contributed by atoms with Crippen molar-refractivity contribution in [3.05, 3.63) is 29.8 Å². The second-order valence-corrected chi connectivity index (χ2v) is 6.59. The predicted molar refractivity (Wildman–Crippen MR) is 88.1 cm³/mol. The first-order valence-corrected chi connectivity index (χ1v) is 8.57. The van der Waals surface area contributed by atoms with Crippen molar-refractivity contribution in [2.24, 2.45) is 11.3 Å². The molecule has 0 spiro atoms. The molecule has 0 bridgehead atoms. The molecule has 126 valence electrons. The number of para-hydroxylation sites is 1. The topological polar surface area (TPSA) is 70.6 Å². The van der Waals surface area contributed by atoms with Gasteiger partial charge in [-0.05, 0) is 31.4 Å². The maximum Gasteiger partial charge on any atom is 0.228 e. The number of fused-ring (bicyclic) bond motifs is 1. The van der Waals surface area contributed by atoms with Crippen molar-refractivity contribution in [1.29, 1.82) is 0 Å². The molecule has 1 saturated carbocycles. The van der Waals surface area contributed by atoms with Crippen molar-refractivity contribution in [1.82, 2.24) is 10.6 Å². The fraction of sp³-hybridized carbons (Fsp3) is 0.611. The first-order valence-electron chi connectivity index (χ1n) is 8.57. The number of rotatable bonds is 6. The van der Waals surface area contributed by atoms with Crippen molar-refractivity contribution in [2.75, 3.05) is 26.3 Å². The van der Waals surface area contributed by atoms with Gasteiger partial charge in [-0.15, -0.1) is 0 Å². The lowest BCUT2D eigenvalue weighted by Crippen LogP contribution is -2.47. The minimum absolute atomic E-state index is 0.0167. The van der Waals surface area contributed by atoms with E-state index in [0.29, 0.717) is 12.5 Å². The van der Waals surface area contributed by atoms with Gasteiger partial charge in [0.2, 0.25) is 5.91 Å². The first-order chi connectivity index (χ1) is 11.3. The smallest absolute Gasteiger partial charge is 0.228 e. The van der Waals surface area contributed by atoms with Crippen LogP contribution in [-0.2, 0) is 11.3 Å². The molecule has 3 N–H and O–H groups in total. The van der Waals surface area contributed by atoms with Crippen LogP contribution in [0.25, 0.3) is 0 Å². The number of aliphatic hydroxyl groups is 1. The zero-order valence-corrected chi connectivity index (χ0v) is 13.5. The molecule has 1 aromatic carbocycles. The third kappa shape index (κ3) is 3.35. The fourth-order valence-electron chi connectivity index (χ4n) is 3.99. The summed E-state index contributed by atoms with van der Waals surface area (Å²) >= 11 is 0. The highest BCUT2D eigenvalue weighted by atomic mass is 16.5. The van der Waals surface area contributed by atoms with Gasteiger partial charge in [0.1, 0.15) is 12.4 Å². The highest BCUT2D eigenvalue weighted by Crippen LogP contribution is 2.43. The number of nitrogens with one attached hydrogen (secondary N) is 2. The van der Waals surface area contributed by atoms with Crippen molar-refractivity contribution < 1.29 is 14.6 Å². The van der Waals surface area contributed by atoms with E-state index >= 15 is 0 Å². The van der Waals surface area contributed by atoms with Crippen LogP contribution in [-0.4, -0.2) is 37.3 Å². The third-order valence-electron chi connectivity index (χ3n) is 5.25. The Kier molecular flexibility index (Phi) is 5.18. The van der Waals surface area contributed by atoms with Gasteiger partial charge in [-0.1, -0.05) is 31.0 Å². The van der Waals surface area contributed by atoms with Crippen molar-refractivity contribution in [3.8, 4) is 5.75 Å². The molecule has 1 heterocycles. The molecule has 2 aliphatic rings. The molecule has 0 radical (unpaired) electrons. The molecule has 1 saturated heterocycles. The van der Waals surface area contributed by atoms with Crippen molar-refractivity contribution in [3.63, 3.8) is 0 Å². The largest absolute Gasteiger partial charge is 0.491 e. The number of ether oxygens (including phenoxy) is 1. The van der Waals surface area contributed by atoms with Crippen molar-refractivity contribution >= 4 is 5.91 Å². The second-order valence-electron chi connectivity index (χ2n) is 6.59. The van der Waals surface area contributed by atoms with Gasteiger partial charge in [-0.3, -0.25) is 4.79 Å². The van der Waals surface area contributed by atoms with Crippen LogP contribution < -0.4 is 15.4 Å². The van der Waals surface area contributed by atoms with Gasteiger partial charge in [0, 0.05) is 18.7 Å².